The summed E-state index contributed by atoms with van der Waals surface area (Å²) in [5.41, 5.74) is 3.75. The maximum Gasteiger partial charge on any atom is 0.235 e. The average Bonchev–Trinajstić information content (AvgIpc) is 2.53. The van der Waals surface area contributed by atoms with Gasteiger partial charge < -0.3 is 0 Å². The molecule has 2 aromatic carbocycles. The molecule has 0 saturated heterocycles. The standard InChI is InChI=1S/C17H12N2O2/c20-12-18-10-16-7-3-1-5-14(16)9-15-6-2-4-8-17(15)11-19-13-21/h1-6H,9-11H2. The smallest absolute Gasteiger partial charge is 0.211 e. The molecule has 4 heteroatoms. The monoisotopic (exact) mass is 276 g/mol. The first-order chi connectivity index (χ1) is 10.3. The molecule has 4 nitrogen and oxygen atoms in total. The first kappa shape index (κ1) is 14.6. The summed E-state index contributed by atoms with van der Waals surface area (Å²) in [4.78, 5) is 27.7. The van der Waals surface area contributed by atoms with E-state index >= 15 is 0 Å². The van der Waals surface area contributed by atoms with Gasteiger partial charge in [-0.2, -0.15) is 0 Å². The van der Waals surface area contributed by atoms with Crippen LogP contribution < -0.4 is 0 Å². The van der Waals surface area contributed by atoms with Gasteiger partial charge in [-0.3, -0.25) is 0 Å². The number of nitrogens with zero attached hydrogens (tertiary/aromatic N) is 2. The van der Waals surface area contributed by atoms with Crippen molar-refractivity contribution in [3.63, 3.8) is 0 Å². The lowest BCUT2D eigenvalue weighted by molar-refractivity contribution is 0.562. The molecule has 2 radical (unpaired) electrons. The van der Waals surface area contributed by atoms with Gasteiger partial charge in [0.05, 0.1) is 13.1 Å². The van der Waals surface area contributed by atoms with Crippen LogP contribution in [0.1, 0.15) is 22.3 Å². The molecule has 0 aliphatic rings. The van der Waals surface area contributed by atoms with Crippen molar-refractivity contribution in [2.75, 3.05) is 0 Å². The third-order valence-electron chi connectivity index (χ3n) is 3.06. The lowest BCUT2D eigenvalue weighted by atomic mass is 9.96. The van der Waals surface area contributed by atoms with E-state index in [1.165, 1.54) is 12.2 Å². The molecule has 0 bridgehead atoms. The van der Waals surface area contributed by atoms with Crippen LogP contribution in [-0.4, -0.2) is 12.2 Å². The van der Waals surface area contributed by atoms with Gasteiger partial charge >= 0.3 is 0 Å². The molecule has 102 valence electrons. The fourth-order valence-corrected chi connectivity index (χ4v) is 2.07. The van der Waals surface area contributed by atoms with Gasteiger partial charge in [0.1, 0.15) is 0 Å². The van der Waals surface area contributed by atoms with E-state index in [1.54, 1.807) is 12.1 Å². The van der Waals surface area contributed by atoms with Crippen molar-refractivity contribution in [2.45, 2.75) is 19.5 Å². The number of aliphatic imine (C=N–C) groups is 2. The molecule has 0 aliphatic heterocycles. The summed E-state index contributed by atoms with van der Waals surface area (Å²) in [6.45, 7) is 0.524. The van der Waals surface area contributed by atoms with Crippen LogP contribution in [0.25, 0.3) is 0 Å². The highest BCUT2D eigenvalue weighted by molar-refractivity contribution is 5.39. The Morgan fingerprint density at radius 3 is 1.76 bits per heavy atom. The molecule has 0 N–H and O–H groups in total. The molecular formula is C17H12N2O2. The maximum atomic E-state index is 10.3. The van der Waals surface area contributed by atoms with Crippen LogP contribution >= 0.6 is 0 Å². The first-order valence-corrected chi connectivity index (χ1v) is 6.39. The van der Waals surface area contributed by atoms with Gasteiger partial charge in [0.2, 0.25) is 12.2 Å². The SMILES string of the molecule is O=C=NCc1[c]cccc1Cc1ccc[c]c1CN=C=O. The van der Waals surface area contributed by atoms with Crippen LogP contribution in [0.2, 0.25) is 0 Å². The Balaban J connectivity index is 2.30. The second-order valence-corrected chi connectivity index (χ2v) is 4.34. The fourth-order valence-electron chi connectivity index (χ4n) is 2.07. The molecule has 0 unspecified atom stereocenters. The Hall–Kier alpha value is -2.80. The van der Waals surface area contributed by atoms with Crippen LogP contribution in [0.15, 0.2) is 46.4 Å². The Kier molecular flexibility index (Phi) is 5.36. The third kappa shape index (κ3) is 4.08. The number of rotatable bonds is 6. The highest BCUT2D eigenvalue weighted by Gasteiger charge is 2.06. The number of carbonyl (C=O) groups excluding carboxylic acids is 2. The zero-order valence-corrected chi connectivity index (χ0v) is 11.3. The largest absolute Gasteiger partial charge is 0.235 e. The van der Waals surface area contributed by atoms with Gasteiger partial charge in [0, 0.05) is 0 Å². The molecule has 0 aliphatic carbocycles. The minimum Gasteiger partial charge on any atom is -0.211 e. The predicted octanol–water partition coefficient (Wildman–Crippen LogP) is 2.55. The van der Waals surface area contributed by atoms with Crippen LogP contribution in [-0.2, 0) is 29.1 Å². The minimum atomic E-state index is 0.262. The van der Waals surface area contributed by atoms with Gasteiger partial charge in [-0.1, -0.05) is 36.4 Å². The third-order valence-corrected chi connectivity index (χ3v) is 3.06. The van der Waals surface area contributed by atoms with Gasteiger partial charge in [-0.25, -0.2) is 19.6 Å². The number of benzene rings is 2. The van der Waals surface area contributed by atoms with E-state index in [-0.39, 0.29) is 13.1 Å². The summed E-state index contributed by atoms with van der Waals surface area (Å²) >= 11 is 0. The van der Waals surface area contributed by atoms with Gasteiger partial charge in [-0.05, 0) is 40.8 Å². The zero-order valence-electron chi connectivity index (χ0n) is 11.3. The lowest BCUT2D eigenvalue weighted by Crippen LogP contribution is -1.99. The molecule has 0 aromatic heterocycles. The Morgan fingerprint density at radius 1 is 0.857 bits per heavy atom. The van der Waals surface area contributed by atoms with Crippen molar-refractivity contribution < 1.29 is 9.59 Å². The van der Waals surface area contributed by atoms with Gasteiger partial charge in [0.15, 0.2) is 0 Å². The molecule has 0 fully saturated rings. The van der Waals surface area contributed by atoms with E-state index in [1.807, 2.05) is 24.3 Å². The number of hydrogen-bond acceptors (Lipinski definition) is 4. The zero-order chi connectivity index (χ0) is 14.9. The molecule has 0 saturated carbocycles. The predicted molar refractivity (Wildman–Crippen MR) is 77.0 cm³/mol. The van der Waals surface area contributed by atoms with E-state index < -0.39 is 0 Å². The van der Waals surface area contributed by atoms with Crippen molar-refractivity contribution in [1.82, 2.24) is 0 Å². The van der Waals surface area contributed by atoms with E-state index in [0.29, 0.717) is 6.42 Å². The molecule has 0 atom stereocenters. The van der Waals surface area contributed by atoms with Crippen LogP contribution in [0.4, 0.5) is 0 Å². The summed E-state index contributed by atoms with van der Waals surface area (Å²) in [5, 5.41) is 0. The van der Waals surface area contributed by atoms with E-state index in [9.17, 15) is 9.59 Å². The van der Waals surface area contributed by atoms with E-state index in [0.717, 1.165) is 22.3 Å². The molecule has 2 rings (SSSR count). The average molecular weight is 276 g/mol. The molecule has 0 amide bonds. The van der Waals surface area contributed by atoms with E-state index in [4.69, 9.17) is 0 Å². The second-order valence-electron chi connectivity index (χ2n) is 4.34. The Labute approximate surface area is 122 Å². The van der Waals surface area contributed by atoms with Crippen molar-refractivity contribution in [2.24, 2.45) is 9.98 Å². The molecule has 0 spiro atoms. The van der Waals surface area contributed by atoms with Crippen molar-refractivity contribution in [3.8, 4) is 0 Å². The summed E-state index contributed by atoms with van der Waals surface area (Å²) in [7, 11) is 0. The van der Waals surface area contributed by atoms with Gasteiger partial charge in [-0.15, -0.1) is 0 Å². The van der Waals surface area contributed by atoms with Crippen LogP contribution in [0.5, 0.6) is 0 Å². The topological polar surface area (TPSA) is 58.9 Å². The summed E-state index contributed by atoms with van der Waals surface area (Å²) in [6.07, 6.45) is 3.72. The van der Waals surface area contributed by atoms with Crippen molar-refractivity contribution in [3.05, 3.63) is 70.8 Å². The minimum absolute atomic E-state index is 0.262. The Bertz CT molecular complexity index is 651. The molecule has 2 aromatic rings. The highest BCUT2D eigenvalue weighted by atomic mass is 16.1. The first-order valence-electron chi connectivity index (χ1n) is 6.39. The molecular weight excluding hydrogens is 264 g/mol. The van der Waals surface area contributed by atoms with Crippen molar-refractivity contribution in [1.29, 1.82) is 0 Å². The second kappa shape index (κ2) is 7.71. The van der Waals surface area contributed by atoms with Crippen LogP contribution in [0.3, 0.4) is 0 Å². The summed E-state index contributed by atoms with van der Waals surface area (Å²) in [6, 6.07) is 17.4. The van der Waals surface area contributed by atoms with E-state index in [2.05, 4.69) is 22.1 Å². The maximum absolute atomic E-state index is 10.3. The van der Waals surface area contributed by atoms with Gasteiger partial charge in [0.25, 0.3) is 0 Å². The summed E-state index contributed by atoms with van der Waals surface area (Å²) in [5.74, 6) is 0. The quantitative estimate of drug-likeness (QED) is 0.601. The number of isocyanates is 2. The summed E-state index contributed by atoms with van der Waals surface area (Å²) < 4.78 is 0. The normalized spacial score (nSPS) is 9.52. The fraction of sp³-hybridized carbons (Fsp3) is 0.176. The Morgan fingerprint density at radius 2 is 1.33 bits per heavy atom. The molecule has 0 heterocycles. The number of hydrogen-bond donors (Lipinski definition) is 0. The van der Waals surface area contributed by atoms with Crippen LogP contribution in [0, 0.1) is 12.1 Å². The van der Waals surface area contributed by atoms with Crippen molar-refractivity contribution >= 4 is 12.2 Å². The molecule has 21 heavy (non-hydrogen) atoms. The highest BCUT2D eigenvalue weighted by Crippen LogP contribution is 2.18. The lowest BCUT2D eigenvalue weighted by Gasteiger charge is -2.10.